The van der Waals surface area contributed by atoms with Gasteiger partial charge in [0.25, 0.3) is 5.91 Å². The Bertz CT molecular complexity index is 490. The Morgan fingerprint density at radius 1 is 1.39 bits per heavy atom. The number of hydrogen-bond donors (Lipinski definition) is 2. The van der Waals surface area contributed by atoms with Crippen LogP contribution in [0.1, 0.15) is 30.6 Å². The van der Waals surface area contributed by atoms with Crippen LogP contribution in [0.2, 0.25) is 10.0 Å². The van der Waals surface area contributed by atoms with Crippen LogP contribution in [0, 0.1) is 0 Å². The SMILES string of the molecule is CCC(C)(NC(=O)c1cccc(Cl)c1Cl)C(=O)O. The number of carbonyl (C=O) groups excluding carboxylic acids is 1. The lowest BCUT2D eigenvalue weighted by molar-refractivity contribution is -0.143. The number of carboxylic acid groups (broad SMARTS) is 1. The van der Waals surface area contributed by atoms with Crippen LogP contribution in [-0.4, -0.2) is 22.5 Å². The van der Waals surface area contributed by atoms with Crippen molar-refractivity contribution in [3.63, 3.8) is 0 Å². The summed E-state index contributed by atoms with van der Waals surface area (Å²) < 4.78 is 0. The molecule has 1 atom stereocenters. The summed E-state index contributed by atoms with van der Waals surface area (Å²) in [6, 6.07) is 4.62. The summed E-state index contributed by atoms with van der Waals surface area (Å²) in [6.07, 6.45) is 0.256. The molecular formula is C12H13Cl2NO3. The van der Waals surface area contributed by atoms with Crippen molar-refractivity contribution in [2.45, 2.75) is 25.8 Å². The zero-order valence-corrected chi connectivity index (χ0v) is 11.5. The average molecular weight is 290 g/mol. The highest BCUT2D eigenvalue weighted by atomic mass is 35.5. The highest BCUT2D eigenvalue weighted by Gasteiger charge is 2.33. The van der Waals surface area contributed by atoms with Crippen molar-refractivity contribution in [2.75, 3.05) is 0 Å². The average Bonchev–Trinajstić information content (AvgIpc) is 2.32. The molecule has 0 bridgehead atoms. The van der Waals surface area contributed by atoms with Crippen LogP contribution in [-0.2, 0) is 4.79 Å². The fraction of sp³-hybridized carbons (Fsp3) is 0.333. The number of nitrogens with one attached hydrogen (secondary N) is 1. The molecule has 2 N–H and O–H groups in total. The zero-order chi connectivity index (χ0) is 13.9. The molecule has 1 unspecified atom stereocenters. The third kappa shape index (κ3) is 2.94. The van der Waals surface area contributed by atoms with Gasteiger partial charge in [0, 0.05) is 0 Å². The van der Waals surface area contributed by atoms with E-state index in [1.165, 1.54) is 13.0 Å². The fourth-order valence-corrected chi connectivity index (χ4v) is 1.68. The second-order valence-corrected chi connectivity index (χ2v) is 4.83. The number of benzene rings is 1. The highest BCUT2D eigenvalue weighted by Crippen LogP contribution is 2.26. The second-order valence-electron chi connectivity index (χ2n) is 4.05. The van der Waals surface area contributed by atoms with E-state index in [0.717, 1.165) is 0 Å². The third-order valence-corrected chi connectivity index (χ3v) is 3.58. The summed E-state index contributed by atoms with van der Waals surface area (Å²) in [6.45, 7) is 3.11. The molecule has 0 heterocycles. The Hall–Kier alpha value is -1.26. The molecule has 0 saturated heterocycles. The molecule has 0 saturated carbocycles. The molecule has 1 amide bonds. The van der Waals surface area contributed by atoms with E-state index >= 15 is 0 Å². The highest BCUT2D eigenvalue weighted by molar-refractivity contribution is 6.43. The van der Waals surface area contributed by atoms with E-state index in [-0.39, 0.29) is 22.0 Å². The van der Waals surface area contributed by atoms with Crippen molar-refractivity contribution in [1.82, 2.24) is 5.32 Å². The molecule has 1 rings (SSSR count). The lowest BCUT2D eigenvalue weighted by atomic mass is 9.98. The molecular weight excluding hydrogens is 277 g/mol. The van der Waals surface area contributed by atoms with Gasteiger partial charge in [0.15, 0.2) is 0 Å². The summed E-state index contributed by atoms with van der Waals surface area (Å²) in [5, 5.41) is 11.9. The number of carboxylic acids is 1. The smallest absolute Gasteiger partial charge is 0.329 e. The number of carbonyl (C=O) groups is 2. The number of hydrogen-bond acceptors (Lipinski definition) is 2. The predicted molar refractivity (Wildman–Crippen MR) is 70.3 cm³/mol. The Labute approximate surface area is 115 Å². The van der Waals surface area contributed by atoms with E-state index in [1.54, 1.807) is 19.1 Å². The maximum Gasteiger partial charge on any atom is 0.329 e. The molecule has 0 aliphatic rings. The van der Waals surface area contributed by atoms with Gasteiger partial charge in [-0.05, 0) is 25.5 Å². The van der Waals surface area contributed by atoms with Gasteiger partial charge in [0.05, 0.1) is 15.6 Å². The molecule has 0 aromatic heterocycles. The van der Waals surface area contributed by atoms with Crippen LogP contribution in [0.3, 0.4) is 0 Å². The molecule has 0 spiro atoms. The topological polar surface area (TPSA) is 66.4 Å². The van der Waals surface area contributed by atoms with Crippen LogP contribution in [0.5, 0.6) is 0 Å². The molecule has 98 valence electrons. The van der Waals surface area contributed by atoms with Crippen LogP contribution in [0.15, 0.2) is 18.2 Å². The normalized spacial score (nSPS) is 13.8. The van der Waals surface area contributed by atoms with Gasteiger partial charge in [-0.1, -0.05) is 36.2 Å². The predicted octanol–water partition coefficient (Wildman–Crippen LogP) is 2.98. The van der Waals surface area contributed by atoms with Crippen molar-refractivity contribution in [3.05, 3.63) is 33.8 Å². The Kier molecular flexibility index (Phi) is 4.59. The summed E-state index contributed by atoms with van der Waals surface area (Å²) in [5.41, 5.74) is -1.17. The van der Waals surface area contributed by atoms with Crippen LogP contribution in [0.25, 0.3) is 0 Å². The molecule has 6 heteroatoms. The first-order chi connectivity index (χ1) is 8.31. The van der Waals surface area contributed by atoms with Gasteiger partial charge in [-0.25, -0.2) is 4.79 Å². The number of amides is 1. The monoisotopic (exact) mass is 289 g/mol. The molecule has 0 aliphatic carbocycles. The lowest BCUT2D eigenvalue weighted by Crippen LogP contribution is -2.51. The molecule has 0 aliphatic heterocycles. The second kappa shape index (κ2) is 5.59. The quantitative estimate of drug-likeness (QED) is 0.895. The number of aliphatic carboxylic acids is 1. The van der Waals surface area contributed by atoms with Gasteiger partial charge in [0.2, 0.25) is 0 Å². The van der Waals surface area contributed by atoms with E-state index in [1.807, 2.05) is 0 Å². The van der Waals surface area contributed by atoms with Crippen molar-refractivity contribution in [3.8, 4) is 0 Å². The fourth-order valence-electron chi connectivity index (χ4n) is 1.29. The van der Waals surface area contributed by atoms with Gasteiger partial charge in [-0.2, -0.15) is 0 Å². The lowest BCUT2D eigenvalue weighted by Gasteiger charge is -2.24. The third-order valence-electron chi connectivity index (χ3n) is 2.76. The van der Waals surface area contributed by atoms with Gasteiger partial charge in [-0.3, -0.25) is 4.79 Å². The van der Waals surface area contributed by atoms with E-state index in [0.29, 0.717) is 0 Å². The van der Waals surface area contributed by atoms with Crippen LogP contribution >= 0.6 is 23.2 Å². The molecule has 4 nitrogen and oxygen atoms in total. The first kappa shape index (κ1) is 14.8. The maximum absolute atomic E-state index is 12.0. The number of rotatable bonds is 4. The van der Waals surface area contributed by atoms with Gasteiger partial charge >= 0.3 is 5.97 Å². The molecule has 1 aromatic rings. The largest absolute Gasteiger partial charge is 0.480 e. The summed E-state index contributed by atoms with van der Waals surface area (Å²) in [7, 11) is 0. The van der Waals surface area contributed by atoms with E-state index < -0.39 is 17.4 Å². The van der Waals surface area contributed by atoms with Crippen LogP contribution in [0.4, 0.5) is 0 Å². The van der Waals surface area contributed by atoms with Crippen LogP contribution < -0.4 is 5.32 Å². The van der Waals surface area contributed by atoms with Gasteiger partial charge in [-0.15, -0.1) is 0 Å². The van der Waals surface area contributed by atoms with Crippen molar-refractivity contribution >= 4 is 35.1 Å². The first-order valence-electron chi connectivity index (χ1n) is 5.31. The molecule has 0 fully saturated rings. The molecule has 18 heavy (non-hydrogen) atoms. The Balaban J connectivity index is 3.02. The summed E-state index contributed by atoms with van der Waals surface area (Å²) >= 11 is 11.7. The standard InChI is InChI=1S/C12H13Cl2NO3/c1-3-12(2,11(17)18)15-10(16)7-5-4-6-8(13)9(7)14/h4-6H,3H2,1-2H3,(H,15,16)(H,17,18). The Morgan fingerprint density at radius 2 is 2.00 bits per heavy atom. The number of halogens is 2. The molecule has 0 radical (unpaired) electrons. The van der Waals surface area contributed by atoms with E-state index in [2.05, 4.69) is 5.32 Å². The van der Waals surface area contributed by atoms with Crippen molar-refractivity contribution < 1.29 is 14.7 Å². The maximum atomic E-state index is 12.0. The van der Waals surface area contributed by atoms with Gasteiger partial charge < -0.3 is 10.4 Å². The van der Waals surface area contributed by atoms with Crippen molar-refractivity contribution in [1.29, 1.82) is 0 Å². The van der Waals surface area contributed by atoms with E-state index in [9.17, 15) is 9.59 Å². The van der Waals surface area contributed by atoms with Crippen molar-refractivity contribution in [2.24, 2.45) is 0 Å². The minimum Gasteiger partial charge on any atom is -0.480 e. The van der Waals surface area contributed by atoms with E-state index in [4.69, 9.17) is 28.3 Å². The Morgan fingerprint density at radius 3 is 2.50 bits per heavy atom. The van der Waals surface area contributed by atoms with Gasteiger partial charge in [0.1, 0.15) is 5.54 Å². The summed E-state index contributed by atoms with van der Waals surface area (Å²) in [4.78, 5) is 23.1. The first-order valence-corrected chi connectivity index (χ1v) is 6.07. The molecule has 1 aromatic carbocycles. The minimum atomic E-state index is -1.33. The minimum absolute atomic E-state index is 0.112. The summed E-state index contributed by atoms with van der Waals surface area (Å²) in [5.74, 6) is -1.66. The zero-order valence-electron chi connectivity index (χ0n) is 9.96.